The molecule has 0 saturated carbocycles. The number of piperidine rings is 1. The molecule has 0 aromatic rings. The summed E-state index contributed by atoms with van der Waals surface area (Å²) in [5.41, 5.74) is -0.765. The molecule has 18 heavy (non-hydrogen) atoms. The van der Waals surface area contributed by atoms with Crippen LogP contribution in [0, 0.1) is 23.2 Å². The van der Waals surface area contributed by atoms with Crippen LogP contribution in [-0.2, 0) is 4.79 Å². The van der Waals surface area contributed by atoms with E-state index in [1.54, 1.807) is 6.92 Å². The number of likely N-dealkylation sites (tertiary alicyclic amines) is 1. The van der Waals surface area contributed by atoms with Gasteiger partial charge in [-0.3, -0.25) is 9.69 Å². The minimum atomic E-state index is -0.765. The lowest BCUT2D eigenvalue weighted by atomic mass is 9.90. The van der Waals surface area contributed by atoms with Gasteiger partial charge in [-0.25, -0.2) is 0 Å². The first-order chi connectivity index (χ1) is 8.37. The van der Waals surface area contributed by atoms with Crippen LogP contribution in [-0.4, -0.2) is 36.0 Å². The van der Waals surface area contributed by atoms with Crippen molar-refractivity contribution < 1.29 is 4.79 Å². The summed E-state index contributed by atoms with van der Waals surface area (Å²) in [7, 11) is 0. The maximum absolute atomic E-state index is 12.0. The predicted octanol–water partition coefficient (Wildman–Crippen LogP) is 1.77. The molecule has 1 amide bonds. The van der Waals surface area contributed by atoms with Crippen molar-refractivity contribution in [3.63, 3.8) is 0 Å². The number of hydrogen-bond acceptors (Lipinski definition) is 3. The Morgan fingerprint density at radius 3 is 2.78 bits per heavy atom. The fourth-order valence-electron chi connectivity index (χ4n) is 2.26. The Morgan fingerprint density at radius 2 is 2.28 bits per heavy atom. The molecule has 102 valence electrons. The molecule has 4 heteroatoms. The molecule has 1 N–H and O–H groups in total. The van der Waals surface area contributed by atoms with E-state index in [-0.39, 0.29) is 11.8 Å². The van der Waals surface area contributed by atoms with Gasteiger partial charge in [-0.15, -0.1) is 0 Å². The Balaban J connectivity index is 2.48. The standard InChI is InChI=1S/C14H25N3O/c1-11(2)14(4,10-15)16-13(18)9-17-7-5-6-12(3)8-17/h11-12H,5-9H2,1-4H3,(H,16,18)/t12-,14-/m1/s1. The zero-order valence-corrected chi connectivity index (χ0v) is 12.0. The van der Waals surface area contributed by atoms with E-state index in [1.807, 2.05) is 13.8 Å². The summed E-state index contributed by atoms with van der Waals surface area (Å²) in [6.07, 6.45) is 2.41. The molecule has 0 spiro atoms. The Hall–Kier alpha value is -1.08. The number of carbonyl (C=O) groups excluding carboxylic acids is 1. The van der Waals surface area contributed by atoms with E-state index in [1.165, 1.54) is 6.42 Å². The monoisotopic (exact) mass is 251 g/mol. The lowest BCUT2D eigenvalue weighted by Gasteiger charge is -2.32. The van der Waals surface area contributed by atoms with Gasteiger partial charge in [0.1, 0.15) is 5.54 Å². The van der Waals surface area contributed by atoms with Gasteiger partial charge in [0.05, 0.1) is 12.6 Å². The third-order valence-electron chi connectivity index (χ3n) is 3.89. The normalized spacial score (nSPS) is 24.3. The van der Waals surface area contributed by atoms with Crippen molar-refractivity contribution in [1.82, 2.24) is 10.2 Å². The molecule has 4 nitrogen and oxygen atoms in total. The van der Waals surface area contributed by atoms with Gasteiger partial charge < -0.3 is 5.32 Å². The van der Waals surface area contributed by atoms with Crippen LogP contribution in [0.15, 0.2) is 0 Å². The molecule has 0 aromatic heterocycles. The Labute approximate surface area is 110 Å². The van der Waals surface area contributed by atoms with E-state index >= 15 is 0 Å². The zero-order valence-electron chi connectivity index (χ0n) is 12.0. The summed E-state index contributed by atoms with van der Waals surface area (Å²) in [4.78, 5) is 14.2. The molecular formula is C14H25N3O. The first-order valence-electron chi connectivity index (χ1n) is 6.82. The Kier molecular flexibility index (Phi) is 5.15. The largest absolute Gasteiger partial charge is 0.337 e. The number of nitrogens with zero attached hydrogens (tertiary/aromatic N) is 2. The highest BCUT2D eigenvalue weighted by molar-refractivity contribution is 5.79. The maximum Gasteiger partial charge on any atom is 0.235 e. The van der Waals surface area contributed by atoms with Crippen molar-refractivity contribution >= 4 is 5.91 Å². The first-order valence-corrected chi connectivity index (χ1v) is 6.82. The third-order valence-corrected chi connectivity index (χ3v) is 3.89. The van der Waals surface area contributed by atoms with E-state index in [2.05, 4.69) is 23.2 Å². The van der Waals surface area contributed by atoms with Crippen molar-refractivity contribution in [2.24, 2.45) is 11.8 Å². The van der Waals surface area contributed by atoms with E-state index in [4.69, 9.17) is 0 Å². The third kappa shape index (κ3) is 3.99. The molecule has 1 saturated heterocycles. The number of nitrogens with one attached hydrogen (secondary N) is 1. The van der Waals surface area contributed by atoms with Crippen molar-refractivity contribution in [3.8, 4) is 6.07 Å². The fraction of sp³-hybridized carbons (Fsp3) is 0.857. The fourth-order valence-corrected chi connectivity index (χ4v) is 2.26. The molecule has 0 aromatic carbocycles. The van der Waals surface area contributed by atoms with Crippen LogP contribution in [0.1, 0.15) is 40.5 Å². The van der Waals surface area contributed by atoms with E-state index in [9.17, 15) is 10.1 Å². The second kappa shape index (κ2) is 6.19. The molecule has 1 rings (SSSR count). The van der Waals surface area contributed by atoms with Crippen LogP contribution in [0.5, 0.6) is 0 Å². The summed E-state index contributed by atoms with van der Waals surface area (Å²) < 4.78 is 0. The molecule has 0 unspecified atom stereocenters. The number of rotatable bonds is 4. The number of carbonyl (C=O) groups is 1. The number of nitriles is 1. The van der Waals surface area contributed by atoms with Crippen molar-refractivity contribution in [3.05, 3.63) is 0 Å². The molecule has 1 heterocycles. The number of amides is 1. The molecule has 2 atom stereocenters. The Bertz CT molecular complexity index is 334. The quantitative estimate of drug-likeness (QED) is 0.828. The van der Waals surface area contributed by atoms with Crippen LogP contribution in [0.2, 0.25) is 0 Å². The molecule has 0 aliphatic carbocycles. The lowest BCUT2D eigenvalue weighted by molar-refractivity contribution is -0.124. The van der Waals surface area contributed by atoms with E-state index in [0.29, 0.717) is 12.5 Å². The van der Waals surface area contributed by atoms with Crippen molar-refractivity contribution in [1.29, 1.82) is 5.26 Å². The van der Waals surface area contributed by atoms with E-state index < -0.39 is 5.54 Å². The topological polar surface area (TPSA) is 56.1 Å². The highest BCUT2D eigenvalue weighted by atomic mass is 16.2. The summed E-state index contributed by atoms with van der Waals surface area (Å²) in [5, 5.41) is 12.0. The molecule has 1 aliphatic heterocycles. The minimum absolute atomic E-state index is 0.0400. The predicted molar refractivity (Wildman–Crippen MR) is 71.8 cm³/mol. The summed E-state index contributed by atoms with van der Waals surface area (Å²) >= 11 is 0. The van der Waals surface area contributed by atoms with Crippen molar-refractivity contribution in [2.75, 3.05) is 19.6 Å². The molecule has 0 radical (unpaired) electrons. The van der Waals surface area contributed by atoms with Crippen molar-refractivity contribution in [2.45, 2.75) is 46.1 Å². The zero-order chi connectivity index (χ0) is 13.8. The van der Waals surface area contributed by atoms with Crippen LogP contribution >= 0.6 is 0 Å². The van der Waals surface area contributed by atoms with Gasteiger partial charge in [0.25, 0.3) is 0 Å². The highest BCUT2D eigenvalue weighted by Gasteiger charge is 2.30. The van der Waals surface area contributed by atoms with Crippen LogP contribution in [0.4, 0.5) is 0 Å². The van der Waals surface area contributed by atoms with Gasteiger partial charge in [0.15, 0.2) is 0 Å². The molecular weight excluding hydrogens is 226 g/mol. The summed E-state index contributed by atoms with van der Waals surface area (Å²) in [6, 6.07) is 2.20. The SMILES string of the molecule is CC(C)[C@@](C)(C#N)NC(=O)CN1CCC[C@@H](C)C1. The average molecular weight is 251 g/mol. The first kappa shape index (κ1) is 15.0. The van der Waals surface area contributed by atoms with E-state index in [0.717, 1.165) is 19.5 Å². The van der Waals surface area contributed by atoms with Gasteiger partial charge in [-0.2, -0.15) is 5.26 Å². The summed E-state index contributed by atoms with van der Waals surface area (Å²) in [5.74, 6) is 0.729. The Morgan fingerprint density at radius 1 is 1.61 bits per heavy atom. The van der Waals surface area contributed by atoms with Gasteiger partial charge in [-0.05, 0) is 38.1 Å². The van der Waals surface area contributed by atoms with Gasteiger partial charge in [0, 0.05) is 6.54 Å². The average Bonchev–Trinajstić information content (AvgIpc) is 2.28. The van der Waals surface area contributed by atoms with Gasteiger partial charge in [0.2, 0.25) is 5.91 Å². The highest BCUT2D eigenvalue weighted by Crippen LogP contribution is 2.17. The molecule has 1 aliphatic rings. The van der Waals surface area contributed by atoms with Crippen LogP contribution in [0.25, 0.3) is 0 Å². The smallest absolute Gasteiger partial charge is 0.235 e. The lowest BCUT2D eigenvalue weighted by Crippen LogP contribution is -2.52. The minimum Gasteiger partial charge on any atom is -0.337 e. The maximum atomic E-state index is 12.0. The second-order valence-corrected chi connectivity index (χ2v) is 6.00. The van der Waals surface area contributed by atoms with Gasteiger partial charge >= 0.3 is 0 Å². The molecule has 1 fully saturated rings. The van der Waals surface area contributed by atoms with Crippen LogP contribution in [0.3, 0.4) is 0 Å². The van der Waals surface area contributed by atoms with Gasteiger partial charge in [-0.1, -0.05) is 20.8 Å². The molecule has 0 bridgehead atoms. The summed E-state index contributed by atoms with van der Waals surface area (Å²) in [6.45, 7) is 10.3. The van der Waals surface area contributed by atoms with Crippen LogP contribution < -0.4 is 5.32 Å². The number of hydrogen-bond donors (Lipinski definition) is 1. The second-order valence-electron chi connectivity index (χ2n) is 6.00.